The molecule has 0 radical (unpaired) electrons. The quantitative estimate of drug-likeness (QED) is 0.725. The topological polar surface area (TPSA) is 64.6 Å². The number of ether oxygens (including phenoxy) is 2. The average Bonchev–Trinajstić information content (AvgIpc) is 2.27. The average molecular weight is 316 g/mol. The van der Waals surface area contributed by atoms with Gasteiger partial charge in [-0.2, -0.15) is 0 Å². The SMILES string of the molecule is COCCS(=O)(=O)NC1(CBr)CCOCC1. The number of methoxy groups -OCH3 is 1. The number of halogens is 1. The molecule has 0 unspecified atom stereocenters. The summed E-state index contributed by atoms with van der Waals surface area (Å²) in [5.74, 6) is -0.000886. The van der Waals surface area contributed by atoms with Crippen molar-refractivity contribution >= 4 is 26.0 Å². The Balaban J connectivity index is 2.61. The second-order valence-electron chi connectivity index (χ2n) is 3.94. The van der Waals surface area contributed by atoms with Crippen LogP contribution in [-0.2, 0) is 19.5 Å². The van der Waals surface area contributed by atoms with E-state index in [9.17, 15) is 8.42 Å². The van der Waals surface area contributed by atoms with Gasteiger partial charge >= 0.3 is 0 Å². The Morgan fingerprint density at radius 2 is 2.06 bits per heavy atom. The fourth-order valence-electron chi connectivity index (χ4n) is 1.60. The van der Waals surface area contributed by atoms with Crippen LogP contribution < -0.4 is 4.72 Å². The molecule has 1 rings (SSSR count). The summed E-state index contributed by atoms with van der Waals surface area (Å²) in [5.41, 5.74) is -0.398. The Kier molecular flexibility index (Phi) is 5.66. The molecule has 0 aromatic rings. The molecule has 5 nitrogen and oxygen atoms in total. The summed E-state index contributed by atoms with van der Waals surface area (Å²) >= 11 is 3.38. The first-order valence-electron chi connectivity index (χ1n) is 5.18. The molecule has 96 valence electrons. The second-order valence-corrected chi connectivity index (χ2v) is 6.34. The van der Waals surface area contributed by atoms with Crippen LogP contribution >= 0.6 is 15.9 Å². The maximum atomic E-state index is 11.8. The zero-order valence-electron chi connectivity index (χ0n) is 9.37. The van der Waals surface area contributed by atoms with Gasteiger partial charge in [0.1, 0.15) is 0 Å². The lowest BCUT2D eigenvalue weighted by molar-refractivity contribution is 0.0557. The van der Waals surface area contributed by atoms with Gasteiger partial charge in [0, 0.05) is 31.2 Å². The van der Waals surface area contributed by atoms with Crippen molar-refractivity contribution in [2.75, 3.05) is 38.0 Å². The Labute approximate surface area is 105 Å². The van der Waals surface area contributed by atoms with Crippen molar-refractivity contribution in [2.24, 2.45) is 0 Å². The zero-order valence-corrected chi connectivity index (χ0v) is 11.8. The zero-order chi connectivity index (χ0) is 12.1. The summed E-state index contributed by atoms with van der Waals surface area (Å²) in [7, 11) is -1.78. The van der Waals surface area contributed by atoms with Crippen molar-refractivity contribution in [3.63, 3.8) is 0 Å². The van der Waals surface area contributed by atoms with Crippen LogP contribution in [0, 0.1) is 0 Å². The van der Waals surface area contributed by atoms with Crippen molar-refractivity contribution < 1.29 is 17.9 Å². The fourth-order valence-corrected chi connectivity index (χ4v) is 3.91. The fraction of sp³-hybridized carbons (Fsp3) is 1.00. The van der Waals surface area contributed by atoms with E-state index in [1.807, 2.05) is 0 Å². The summed E-state index contributed by atoms with van der Waals surface area (Å²) in [6.07, 6.45) is 1.40. The molecule has 0 bridgehead atoms. The largest absolute Gasteiger partial charge is 0.384 e. The highest BCUT2D eigenvalue weighted by Crippen LogP contribution is 2.23. The summed E-state index contributed by atoms with van der Waals surface area (Å²) in [6, 6.07) is 0. The van der Waals surface area contributed by atoms with E-state index in [0.717, 1.165) is 0 Å². The molecule has 0 aromatic carbocycles. The number of alkyl halides is 1. The predicted molar refractivity (Wildman–Crippen MR) is 65.4 cm³/mol. The summed E-state index contributed by atoms with van der Waals surface area (Å²) in [6.45, 7) is 1.40. The van der Waals surface area contributed by atoms with Crippen LogP contribution in [0.1, 0.15) is 12.8 Å². The van der Waals surface area contributed by atoms with Crippen LogP contribution in [0.5, 0.6) is 0 Å². The predicted octanol–water partition coefficient (Wildman–Crippen LogP) is 0.496. The molecule has 0 saturated carbocycles. The maximum Gasteiger partial charge on any atom is 0.214 e. The van der Waals surface area contributed by atoms with Gasteiger partial charge in [-0.15, -0.1) is 0 Å². The highest BCUT2D eigenvalue weighted by molar-refractivity contribution is 9.09. The van der Waals surface area contributed by atoms with Gasteiger partial charge in [-0.3, -0.25) is 0 Å². The van der Waals surface area contributed by atoms with Gasteiger partial charge < -0.3 is 9.47 Å². The lowest BCUT2D eigenvalue weighted by Crippen LogP contribution is -2.54. The third-order valence-electron chi connectivity index (χ3n) is 2.63. The van der Waals surface area contributed by atoms with Crippen LogP contribution in [0.2, 0.25) is 0 Å². The molecular formula is C9H18BrNO4S. The van der Waals surface area contributed by atoms with Crippen LogP contribution in [-0.4, -0.2) is 52.0 Å². The van der Waals surface area contributed by atoms with Crippen LogP contribution in [0.3, 0.4) is 0 Å². The standard InChI is InChI=1S/C9H18BrNO4S/c1-14-6-7-16(12,13)11-9(8-10)2-4-15-5-3-9/h11H,2-8H2,1H3. The van der Waals surface area contributed by atoms with Crippen molar-refractivity contribution in [1.82, 2.24) is 4.72 Å². The van der Waals surface area contributed by atoms with Gasteiger partial charge in [-0.05, 0) is 12.8 Å². The smallest absolute Gasteiger partial charge is 0.214 e. The first kappa shape index (κ1) is 14.4. The third kappa shape index (κ3) is 4.29. The van der Waals surface area contributed by atoms with Crippen molar-refractivity contribution in [1.29, 1.82) is 0 Å². The molecule has 0 atom stereocenters. The van der Waals surface area contributed by atoms with Crippen LogP contribution in [0.4, 0.5) is 0 Å². The lowest BCUT2D eigenvalue weighted by Gasteiger charge is -2.36. The van der Waals surface area contributed by atoms with Crippen molar-refractivity contribution in [3.05, 3.63) is 0 Å². The number of sulfonamides is 1. The molecule has 1 saturated heterocycles. The van der Waals surface area contributed by atoms with Gasteiger partial charge in [-0.25, -0.2) is 13.1 Å². The Morgan fingerprint density at radius 3 is 2.56 bits per heavy atom. The van der Waals surface area contributed by atoms with Crippen molar-refractivity contribution in [3.8, 4) is 0 Å². The molecular weight excluding hydrogens is 298 g/mol. The van der Waals surface area contributed by atoms with Gasteiger partial charge in [0.25, 0.3) is 0 Å². The minimum atomic E-state index is -3.27. The van der Waals surface area contributed by atoms with E-state index in [-0.39, 0.29) is 12.4 Å². The Morgan fingerprint density at radius 1 is 1.44 bits per heavy atom. The molecule has 1 N–H and O–H groups in total. The van der Waals surface area contributed by atoms with E-state index < -0.39 is 15.6 Å². The van der Waals surface area contributed by atoms with Crippen LogP contribution in [0.15, 0.2) is 0 Å². The molecule has 7 heteroatoms. The van der Waals surface area contributed by atoms with E-state index in [1.54, 1.807) is 0 Å². The van der Waals surface area contributed by atoms with E-state index in [0.29, 0.717) is 31.4 Å². The number of nitrogens with one attached hydrogen (secondary N) is 1. The summed E-state index contributed by atoms with van der Waals surface area (Å²) < 4.78 is 36.3. The highest BCUT2D eigenvalue weighted by Gasteiger charge is 2.35. The van der Waals surface area contributed by atoms with Gasteiger partial charge in [0.2, 0.25) is 10.0 Å². The summed E-state index contributed by atoms with van der Waals surface area (Å²) in [5, 5.41) is 0.607. The van der Waals surface area contributed by atoms with E-state index >= 15 is 0 Å². The molecule has 1 fully saturated rings. The third-order valence-corrected chi connectivity index (χ3v) is 5.16. The molecule has 1 aliphatic heterocycles. The first-order chi connectivity index (χ1) is 7.54. The molecule has 0 aliphatic carbocycles. The Hall–Kier alpha value is 0.310. The van der Waals surface area contributed by atoms with E-state index in [1.165, 1.54) is 7.11 Å². The highest BCUT2D eigenvalue weighted by atomic mass is 79.9. The number of hydrogen-bond acceptors (Lipinski definition) is 4. The molecule has 1 aliphatic rings. The molecule has 0 spiro atoms. The lowest BCUT2D eigenvalue weighted by atomic mass is 9.94. The minimum absolute atomic E-state index is 0.000886. The normalized spacial score (nSPS) is 20.9. The minimum Gasteiger partial charge on any atom is -0.384 e. The van der Waals surface area contributed by atoms with E-state index in [2.05, 4.69) is 20.7 Å². The molecule has 16 heavy (non-hydrogen) atoms. The number of hydrogen-bond donors (Lipinski definition) is 1. The molecule has 0 aromatic heterocycles. The van der Waals surface area contributed by atoms with E-state index in [4.69, 9.17) is 9.47 Å². The van der Waals surface area contributed by atoms with Crippen molar-refractivity contribution in [2.45, 2.75) is 18.4 Å². The van der Waals surface area contributed by atoms with Gasteiger partial charge in [0.05, 0.1) is 12.4 Å². The number of rotatable bonds is 6. The van der Waals surface area contributed by atoms with Gasteiger partial charge in [0.15, 0.2) is 0 Å². The molecule has 1 heterocycles. The summed E-state index contributed by atoms with van der Waals surface area (Å²) in [4.78, 5) is 0. The maximum absolute atomic E-state index is 11.8. The Bertz CT molecular complexity index is 301. The first-order valence-corrected chi connectivity index (χ1v) is 7.95. The van der Waals surface area contributed by atoms with Gasteiger partial charge in [-0.1, -0.05) is 15.9 Å². The second kappa shape index (κ2) is 6.30. The molecule has 0 amide bonds. The van der Waals surface area contributed by atoms with Crippen LogP contribution in [0.25, 0.3) is 0 Å². The monoisotopic (exact) mass is 315 g/mol.